The number of rotatable bonds is 3. The standard InChI is InChI=1S/C10H9BrO/c11-10-6-4-9(5-7-10)3-1-2-8-12/h1,3-8H,2H2. The molecule has 2 heteroatoms. The van der Waals surface area contributed by atoms with Crippen molar-refractivity contribution in [3.8, 4) is 0 Å². The zero-order chi connectivity index (χ0) is 8.81. The van der Waals surface area contributed by atoms with Gasteiger partial charge in [-0.05, 0) is 17.7 Å². The summed E-state index contributed by atoms with van der Waals surface area (Å²) in [5, 5.41) is 0. The molecule has 0 fully saturated rings. The smallest absolute Gasteiger partial charge is 0.123 e. The lowest BCUT2D eigenvalue weighted by molar-refractivity contribution is -0.107. The number of allylic oxidation sites excluding steroid dienone is 1. The highest BCUT2D eigenvalue weighted by atomic mass is 79.9. The summed E-state index contributed by atoms with van der Waals surface area (Å²) in [6.07, 6.45) is 5.14. The molecule has 1 aromatic carbocycles. The molecule has 1 aromatic rings. The van der Waals surface area contributed by atoms with Crippen LogP contribution in [0.4, 0.5) is 0 Å². The molecule has 0 heterocycles. The van der Waals surface area contributed by atoms with Gasteiger partial charge in [0.1, 0.15) is 6.29 Å². The van der Waals surface area contributed by atoms with Gasteiger partial charge in [-0.3, -0.25) is 0 Å². The van der Waals surface area contributed by atoms with E-state index in [1.54, 1.807) is 0 Å². The summed E-state index contributed by atoms with van der Waals surface area (Å²) < 4.78 is 1.06. The SMILES string of the molecule is O=CCC=Cc1ccc(Br)cc1. The van der Waals surface area contributed by atoms with Gasteiger partial charge in [0.2, 0.25) is 0 Å². The monoisotopic (exact) mass is 224 g/mol. The maximum atomic E-state index is 9.99. The Hall–Kier alpha value is -0.890. The number of carbonyl (C=O) groups is 1. The normalized spacial score (nSPS) is 10.4. The Labute approximate surface area is 80.2 Å². The van der Waals surface area contributed by atoms with Gasteiger partial charge < -0.3 is 4.79 Å². The Kier molecular flexibility index (Phi) is 3.74. The summed E-state index contributed by atoms with van der Waals surface area (Å²) in [4.78, 5) is 9.99. The van der Waals surface area contributed by atoms with E-state index in [-0.39, 0.29) is 0 Å². The van der Waals surface area contributed by atoms with Gasteiger partial charge in [-0.1, -0.05) is 40.2 Å². The number of aldehydes is 1. The predicted octanol–water partition coefficient (Wildman–Crippen LogP) is 3.05. The van der Waals surface area contributed by atoms with Crippen molar-refractivity contribution in [2.75, 3.05) is 0 Å². The molecule has 1 nitrogen and oxygen atoms in total. The van der Waals surface area contributed by atoms with Crippen molar-refractivity contribution in [1.82, 2.24) is 0 Å². The first-order chi connectivity index (χ1) is 5.83. The molecule has 0 atom stereocenters. The maximum Gasteiger partial charge on any atom is 0.123 e. The Balaban J connectivity index is 2.64. The van der Waals surface area contributed by atoms with E-state index in [0.717, 1.165) is 16.3 Å². The quantitative estimate of drug-likeness (QED) is 0.722. The fraction of sp³-hybridized carbons (Fsp3) is 0.100. The Morgan fingerprint density at radius 3 is 2.50 bits per heavy atom. The van der Waals surface area contributed by atoms with E-state index in [0.29, 0.717) is 6.42 Å². The minimum atomic E-state index is 0.482. The van der Waals surface area contributed by atoms with E-state index in [4.69, 9.17) is 0 Å². The van der Waals surface area contributed by atoms with Crippen LogP contribution in [0.2, 0.25) is 0 Å². The van der Waals surface area contributed by atoms with Gasteiger partial charge in [-0.15, -0.1) is 0 Å². The number of benzene rings is 1. The fourth-order valence-corrected chi connectivity index (χ4v) is 1.10. The van der Waals surface area contributed by atoms with Gasteiger partial charge in [0.05, 0.1) is 0 Å². The van der Waals surface area contributed by atoms with Crippen molar-refractivity contribution >= 4 is 28.3 Å². The third kappa shape index (κ3) is 3.01. The fourth-order valence-electron chi connectivity index (χ4n) is 0.834. The molecule has 0 aliphatic heterocycles. The zero-order valence-electron chi connectivity index (χ0n) is 6.53. The summed E-state index contributed by atoms with van der Waals surface area (Å²) in [7, 11) is 0. The van der Waals surface area contributed by atoms with Gasteiger partial charge in [0.15, 0.2) is 0 Å². The van der Waals surface area contributed by atoms with Crippen molar-refractivity contribution in [3.05, 3.63) is 40.4 Å². The molecule has 62 valence electrons. The molecular weight excluding hydrogens is 216 g/mol. The minimum absolute atomic E-state index is 0.482. The van der Waals surface area contributed by atoms with Crippen LogP contribution in [0.3, 0.4) is 0 Å². The average Bonchev–Trinajstić information content (AvgIpc) is 2.09. The second-order valence-corrected chi connectivity index (χ2v) is 3.27. The Morgan fingerprint density at radius 1 is 1.25 bits per heavy atom. The highest BCUT2D eigenvalue weighted by Crippen LogP contribution is 2.11. The summed E-state index contributed by atoms with van der Waals surface area (Å²) in [5.74, 6) is 0. The van der Waals surface area contributed by atoms with E-state index in [9.17, 15) is 4.79 Å². The number of hydrogen-bond donors (Lipinski definition) is 0. The molecule has 0 aromatic heterocycles. The van der Waals surface area contributed by atoms with Crippen LogP contribution in [0.5, 0.6) is 0 Å². The van der Waals surface area contributed by atoms with Crippen LogP contribution in [-0.4, -0.2) is 6.29 Å². The van der Waals surface area contributed by atoms with Crippen LogP contribution in [-0.2, 0) is 4.79 Å². The highest BCUT2D eigenvalue weighted by Gasteiger charge is 1.85. The van der Waals surface area contributed by atoms with E-state index < -0.39 is 0 Å². The molecule has 0 aliphatic rings. The summed E-state index contributed by atoms with van der Waals surface area (Å²) >= 11 is 3.35. The van der Waals surface area contributed by atoms with Crippen molar-refractivity contribution in [2.45, 2.75) is 6.42 Å². The number of hydrogen-bond acceptors (Lipinski definition) is 1. The van der Waals surface area contributed by atoms with E-state index >= 15 is 0 Å². The first-order valence-corrected chi connectivity index (χ1v) is 4.48. The first-order valence-electron chi connectivity index (χ1n) is 3.68. The average molecular weight is 225 g/mol. The molecule has 0 amide bonds. The van der Waals surface area contributed by atoms with E-state index in [2.05, 4.69) is 15.9 Å². The second-order valence-electron chi connectivity index (χ2n) is 2.36. The lowest BCUT2D eigenvalue weighted by Gasteiger charge is -1.91. The predicted molar refractivity (Wildman–Crippen MR) is 53.9 cm³/mol. The lowest BCUT2D eigenvalue weighted by atomic mass is 10.2. The zero-order valence-corrected chi connectivity index (χ0v) is 8.12. The molecule has 1 rings (SSSR count). The Bertz CT molecular complexity index is 274. The molecule has 0 spiro atoms. The summed E-state index contributed by atoms with van der Waals surface area (Å²) in [6, 6.07) is 7.93. The molecular formula is C10H9BrO. The minimum Gasteiger partial charge on any atom is -0.303 e. The summed E-state index contributed by atoms with van der Waals surface area (Å²) in [5.41, 5.74) is 1.11. The third-order valence-corrected chi connectivity index (χ3v) is 1.94. The molecule has 12 heavy (non-hydrogen) atoms. The van der Waals surface area contributed by atoms with Crippen LogP contribution < -0.4 is 0 Å². The maximum absolute atomic E-state index is 9.99. The number of carbonyl (C=O) groups excluding carboxylic acids is 1. The van der Waals surface area contributed by atoms with Gasteiger partial charge in [-0.25, -0.2) is 0 Å². The van der Waals surface area contributed by atoms with Gasteiger partial charge in [0, 0.05) is 10.9 Å². The van der Waals surface area contributed by atoms with Gasteiger partial charge in [-0.2, -0.15) is 0 Å². The van der Waals surface area contributed by atoms with Crippen LogP contribution in [0, 0.1) is 0 Å². The Morgan fingerprint density at radius 2 is 1.92 bits per heavy atom. The third-order valence-electron chi connectivity index (χ3n) is 1.41. The van der Waals surface area contributed by atoms with Crippen molar-refractivity contribution in [3.63, 3.8) is 0 Å². The largest absolute Gasteiger partial charge is 0.303 e. The van der Waals surface area contributed by atoms with Crippen LogP contribution in [0.25, 0.3) is 6.08 Å². The highest BCUT2D eigenvalue weighted by molar-refractivity contribution is 9.10. The summed E-state index contributed by atoms with van der Waals surface area (Å²) in [6.45, 7) is 0. The molecule has 0 unspecified atom stereocenters. The topological polar surface area (TPSA) is 17.1 Å². The van der Waals surface area contributed by atoms with Crippen LogP contribution in [0.1, 0.15) is 12.0 Å². The van der Waals surface area contributed by atoms with Crippen molar-refractivity contribution < 1.29 is 4.79 Å². The van der Waals surface area contributed by atoms with Crippen molar-refractivity contribution in [2.24, 2.45) is 0 Å². The van der Waals surface area contributed by atoms with E-state index in [1.807, 2.05) is 36.4 Å². The van der Waals surface area contributed by atoms with E-state index in [1.165, 1.54) is 0 Å². The van der Waals surface area contributed by atoms with Gasteiger partial charge in [0.25, 0.3) is 0 Å². The van der Waals surface area contributed by atoms with Crippen molar-refractivity contribution in [1.29, 1.82) is 0 Å². The molecule has 0 saturated heterocycles. The second kappa shape index (κ2) is 4.88. The molecule has 0 aliphatic carbocycles. The molecule has 0 bridgehead atoms. The molecule has 0 N–H and O–H groups in total. The van der Waals surface area contributed by atoms with Gasteiger partial charge >= 0.3 is 0 Å². The molecule has 0 radical (unpaired) electrons. The number of halogens is 1. The first kappa shape index (κ1) is 9.20. The molecule has 0 saturated carbocycles. The van der Waals surface area contributed by atoms with Crippen LogP contribution >= 0.6 is 15.9 Å². The lowest BCUT2D eigenvalue weighted by Crippen LogP contribution is -1.71. The van der Waals surface area contributed by atoms with Crippen LogP contribution in [0.15, 0.2) is 34.8 Å².